The predicted octanol–water partition coefficient (Wildman–Crippen LogP) is 6.16. The Hall–Kier alpha value is -2.98. The van der Waals surface area contributed by atoms with Gasteiger partial charge in [-0.05, 0) is 105 Å². The first-order valence-corrected chi connectivity index (χ1v) is 12.9. The highest BCUT2D eigenvalue weighted by atomic mass is 16.5. The number of nitrogens with one attached hydrogen (secondary N) is 1. The number of allylic oxidation sites excluding steroid dienone is 4. The molecule has 0 amide bonds. The Morgan fingerprint density at radius 1 is 1.11 bits per heavy atom. The van der Waals surface area contributed by atoms with Gasteiger partial charge in [0.1, 0.15) is 5.75 Å². The maximum Gasteiger partial charge on any atom is 0.115 e. The van der Waals surface area contributed by atoms with Gasteiger partial charge >= 0.3 is 0 Å². The molecule has 1 aliphatic rings. The van der Waals surface area contributed by atoms with E-state index < -0.39 is 0 Å². The van der Waals surface area contributed by atoms with E-state index in [-0.39, 0.29) is 0 Å². The van der Waals surface area contributed by atoms with Crippen LogP contribution in [-0.2, 0) is 30.5 Å². The van der Waals surface area contributed by atoms with Gasteiger partial charge in [-0.3, -0.25) is 0 Å². The minimum Gasteiger partial charge on any atom is -0.508 e. The van der Waals surface area contributed by atoms with Crippen LogP contribution in [0.2, 0.25) is 0 Å². The van der Waals surface area contributed by atoms with Gasteiger partial charge in [0.05, 0.1) is 12.9 Å². The topological polar surface area (TPSA) is 44.7 Å². The third kappa shape index (κ3) is 7.50. The first-order valence-electron chi connectivity index (χ1n) is 12.9. The number of hydrogen-bond acceptors (Lipinski definition) is 4. The number of nitrogens with zero attached hydrogens (tertiary/aromatic N) is 1. The van der Waals surface area contributed by atoms with Crippen LogP contribution in [0.4, 0.5) is 0 Å². The molecule has 3 rings (SSSR count). The molecule has 0 fully saturated rings. The van der Waals surface area contributed by atoms with Gasteiger partial charge in [0, 0.05) is 18.8 Å². The smallest absolute Gasteiger partial charge is 0.115 e. The summed E-state index contributed by atoms with van der Waals surface area (Å²) in [6.45, 7) is 14.6. The van der Waals surface area contributed by atoms with Crippen molar-refractivity contribution in [2.75, 3.05) is 26.7 Å². The Bertz CT molecular complexity index is 1040. The van der Waals surface area contributed by atoms with Crippen LogP contribution in [0.1, 0.15) is 49.4 Å². The predicted molar refractivity (Wildman–Crippen MR) is 146 cm³/mol. The lowest BCUT2D eigenvalue weighted by atomic mass is 9.78. The number of rotatable bonds is 12. The molecule has 1 atom stereocenters. The average Bonchev–Trinajstić information content (AvgIpc) is 2.88. The normalized spacial score (nSPS) is 16.1. The van der Waals surface area contributed by atoms with Crippen LogP contribution in [0.5, 0.6) is 5.75 Å². The minimum atomic E-state index is 0.353. The van der Waals surface area contributed by atoms with Gasteiger partial charge in [0.25, 0.3) is 0 Å². The standard InChI is InChI=1S/C31H42N2O2/c1-6-32-19-18-25-9-11-26(12-10-25)22-33(7-2)24(4)31(17-8-23(3)35-5)29-14-13-28-21-30(34)16-15-27(28)20-29/h8-12,15-17,21,29,32,34H,4,6-7,13-14,18-20,22H2,1-3,5H3. The van der Waals surface area contributed by atoms with E-state index in [4.69, 9.17) is 4.74 Å². The van der Waals surface area contributed by atoms with Crippen LogP contribution >= 0.6 is 0 Å². The SMILES string of the molecule is C=C(C(=CC=C(C)OC)C1CCc2cc(O)ccc2C1)N(CC)Cc1ccc(CCNCC)cc1. The largest absolute Gasteiger partial charge is 0.508 e. The Morgan fingerprint density at radius 2 is 1.86 bits per heavy atom. The second-order valence-electron chi connectivity index (χ2n) is 9.38. The lowest BCUT2D eigenvalue weighted by molar-refractivity contribution is 0.293. The lowest BCUT2D eigenvalue weighted by Crippen LogP contribution is -2.27. The summed E-state index contributed by atoms with van der Waals surface area (Å²) < 4.78 is 5.41. The third-order valence-corrected chi connectivity index (χ3v) is 7.01. The van der Waals surface area contributed by atoms with Gasteiger partial charge in [0.2, 0.25) is 0 Å². The molecular weight excluding hydrogens is 432 g/mol. The lowest BCUT2D eigenvalue weighted by Gasteiger charge is -2.33. The van der Waals surface area contributed by atoms with Crippen LogP contribution in [0, 0.1) is 5.92 Å². The number of phenols is 1. The fraction of sp³-hybridized carbons (Fsp3) is 0.419. The highest BCUT2D eigenvalue weighted by Gasteiger charge is 2.25. The highest BCUT2D eigenvalue weighted by molar-refractivity contribution is 5.41. The molecule has 0 aromatic heterocycles. The van der Waals surface area contributed by atoms with Crippen LogP contribution in [0.3, 0.4) is 0 Å². The van der Waals surface area contributed by atoms with Crippen molar-refractivity contribution in [2.24, 2.45) is 5.92 Å². The molecule has 1 aliphatic carbocycles. The summed E-state index contributed by atoms with van der Waals surface area (Å²) in [6.07, 6.45) is 8.27. The summed E-state index contributed by atoms with van der Waals surface area (Å²) in [7, 11) is 1.71. The van der Waals surface area contributed by atoms with Gasteiger partial charge in [-0.2, -0.15) is 0 Å². The molecule has 2 N–H and O–H groups in total. The number of aromatic hydroxyl groups is 1. The summed E-state index contributed by atoms with van der Waals surface area (Å²) in [5, 5.41) is 13.3. The second kappa shape index (κ2) is 13.2. The number of fused-ring (bicyclic) bond motifs is 1. The number of likely N-dealkylation sites (N-methyl/N-ethyl adjacent to an activating group) is 2. The van der Waals surface area contributed by atoms with E-state index in [1.807, 2.05) is 13.0 Å². The molecule has 188 valence electrons. The number of ether oxygens (including phenoxy) is 1. The van der Waals surface area contributed by atoms with Gasteiger partial charge in [-0.25, -0.2) is 0 Å². The van der Waals surface area contributed by atoms with E-state index in [1.54, 1.807) is 13.2 Å². The first-order chi connectivity index (χ1) is 16.9. The van der Waals surface area contributed by atoms with E-state index in [2.05, 4.69) is 73.1 Å². The molecule has 0 saturated heterocycles. The molecule has 0 saturated carbocycles. The molecule has 1 unspecified atom stereocenters. The molecule has 4 nitrogen and oxygen atoms in total. The van der Waals surface area contributed by atoms with Crippen molar-refractivity contribution in [1.82, 2.24) is 10.2 Å². The molecule has 4 heteroatoms. The Labute approximate surface area is 212 Å². The number of phenolic OH excluding ortho intramolecular Hbond substituents is 1. The molecule has 35 heavy (non-hydrogen) atoms. The van der Waals surface area contributed by atoms with Gasteiger partial charge < -0.3 is 20.1 Å². The molecule has 0 radical (unpaired) electrons. The molecular formula is C31H42N2O2. The van der Waals surface area contributed by atoms with Crippen molar-refractivity contribution < 1.29 is 9.84 Å². The molecule has 0 spiro atoms. The monoisotopic (exact) mass is 474 g/mol. The van der Waals surface area contributed by atoms with Gasteiger partial charge in [-0.15, -0.1) is 0 Å². The summed E-state index contributed by atoms with van der Waals surface area (Å²) in [4.78, 5) is 2.38. The van der Waals surface area contributed by atoms with Crippen LogP contribution in [-0.4, -0.2) is 36.8 Å². The van der Waals surface area contributed by atoms with E-state index in [0.717, 1.165) is 63.3 Å². The number of benzene rings is 2. The van der Waals surface area contributed by atoms with Crippen LogP contribution < -0.4 is 5.32 Å². The van der Waals surface area contributed by atoms with Crippen molar-refractivity contribution in [3.8, 4) is 5.75 Å². The second-order valence-corrected chi connectivity index (χ2v) is 9.38. The number of hydrogen-bond donors (Lipinski definition) is 2. The van der Waals surface area contributed by atoms with Crippen molar-refractivity contribution in [3.63, 3.8) is 0 Å². The maximum atomic E-state index is 9.88. The summed E-state index contributed by atoms with van der Waals surface area (Å²) >= 11 is 0. The summed E-state index contributed by atoms with van der Waals surface area (Å²) in [6, 6.07) is 14.8. The van der Waals surface area contributed by atoms with Gasteiger partial charge in [0.15, 0.2) is 0 Å². The third-order valence-electron chi connectivity index (χ3n) is 7.01. The maximum absolute atomic E-state index is 9.88. The first kappa shape index (κ1) is 26.6. The summed E-state index contributed by atoms with van der Waals surface area (Å²) in [5.41, 5.74) is 7.59. The fourth-order valence-corrected chi connectivity index (χ4v) is 4.77. The highest BCUT2D eigenvalue weighted by Crippen LogP contribution is 2.35. The van der Waals surface area contributed by atoms with Crippen molar-refractivity contribution in [3.05, 3.63) is 100 Å². The Balaban J connectivity index is 1.78. The van der Waals surface area contributed by atoms with Crippen molar-refractivity contribution in [1.29, 1.82) is 0 Å². The van der Waals surface area contributed by atoms with E-state index >= 15 is 0 Å². The zero-order valence-electron chi connectivity index (χ0n) is 21.9. The summed E-state index contributed by atoms with van der Waals surface area (Å²) in [5.74, 6) is 1.61. The Kier molecular flexibility index (Phi) is 10.0. The van der Waals surface area contributed by atoms with Crippen molar-refractivity contribution in [2.45, 2.75) is 53.0 Å². The zero-order valence-corrected chi connectivity index (χ0v) is 21.9. The molecule has 0 aliphatic heterocycles. The molecule has 2 aromatic carbocycles. The van der Waals surface area contributed by atoms with Gasteiger partial charge in [-0.1, -0.05) is 49.9 Å². The minimum absolute atomic E-state index is 0.353. The van der Waals surface area contributed by atoms with Crippen LogP contribution in [0.15, 0.2) is 78.2 Å². The molecule has 2 aromatic rings. The number of methoxy groups -OCH3 is 1. The average molecular weight is 475 g/mol. The van der Waals surface area contributed by atoms with Crippen LogP contribution in [0.25, 0.3) is 0 Å². The van der Waals surface area contributed by atoms with E-state index in [1.165, 1.54) is 27.8 Å². The van der Waals surface area contributed by atoms with Crippen molar-refractivity contribution >= 4 is 0 Å². The molecule has 0 heterocycles. The van der Waals surface area contributed by atoms with E-state index in [9.17, 15) is 5.11 Å². The fourth-order valence-electron chi connectivity index (χ4n) is 4.77. The molecule has 0 bridgehead atoms. The van der Waals surface area contributed by atoms with E-state index in [0.29, 0.717) is 11.7 Å². The quantitative estimate of drug-likeness (QED) is 0.220. The Morgan fingerprint density at radius 3 is 2.54 bits per heavy atom. The number of aryl methyl sites for hydroxylation is 1. The zero-order chi connectivity index (χ0) is 25.2.